The van der Waals surface area contributed by atoms with E-state index >= 15 is 0 Å². The highest BCUT2D eigenvalue weighted by atomic mass is 19.4. The summed E-state index contributed by atoms with van der Waals surface area (Å²) in [7, 11) is 0. The Morgan fingerprint density at radius 3 is 2.79 bits per heavy atom. The molecule has 8 heteroatoms. The van der Waals surface area contributed by atoms with E-state index in [1.165, 1.54) is 0 Å². The third kappa shape index (κ3) is 5.17. The Kier molecular flexibility index (Phi) is 6.17. The molecule has 1 aromatic carbocycles. The van der Waals surface area contributed by atoms with Crippen LogP contribution in [0.3, 0.4) is 0 Å². The van der Waals surface area contributed by atoms with Crippen LogP contribution >= 0.6 is 0 Å². The maximum Gasteiger partial charge on any atom is 0.416 e. The molecule has 1 unspecified atom stereocenters. The minimum atomic E-state index is -4.68. The number of carbonyl (C=O) groups excluding carboxylic acids is 1. The zero-order valence-electron chi connectivity index (χ0n) is 13.1. The summed E-state index contributed by atoms with van der Waals surface area (Å²) in [6, 6.07) is 2.40. The van der Waals surface area contributed by atoms with Crippen LogP contribution in [-0.4, -0.2) is 42.2 Å². The van der Waals surface area contributed by atoms with E-state index in [1.54, 1.807) is 0 Å². The van der Waals surface area contributed by atoms with Crippen LogP contribution in [0.25, 0.3) is 0 Å². The molecule has 1 aliphatic heterocycles. The zero-order chi connectivity index (χ0) is 17.7. The predicted octanol–water partition coefficient (Wildman–Crippen LogP) is 2.17. The SMILES string of the molecule is O=C(CN1CCCC(CO)C1)NCc1ccc(F)cc1C(F)(F)F. The Morgan fingerprint density at radius 1 is 1.38 bits per heavy atom. The fourth-order valence-electron chi connectivity index (χ4n) is 2.86. The number of amides is 1. The van der Waals surface area contributed by atoms with E-state index in [-0.39, 0.29) is 31.2 Å². The second-order valence-electron chi connectivity index (χ2n) is 6.00. The van der Waals surface area contributed by atoms with Crippen molar-refractivity contribution in [2.45, 2.75) is 25.6 Å². The lowest BCUT2D eigenvalue weighted by molar-refractivity contribution is -0.138. The number of rotatable bonds is 5. The Hall–Kier alpha value is -1.67. The first-order valence-electron chi connectivity index (χ1n) is 7.75. The molecule has 24 heavy (non-hydrogen) atoms. The van der Waals surface area contributed by atoms with Gasteiger partial charge in [0.05, 0.1) is 12.1 Å². The van der Waals surface area contributed by atoms with Gasteiger partial charge in [0, 0.05) is 19.7 Å². The van der Waals surface area contributed by atoms with E-state index in [0.29, 0.717) is 19.2 Å². The van der Waals surface area contributed by atoms with Gasteiger partial charge in [-0.3, -0.25) is 9.69 Å². The minimum absolute atomic E-state index is 0.0582. The fraction of sp³-hybridized carbons (Fsp3) is 0.562. The Morgan fingerprint density at radius 2 is 2.12 bits per heavy atom. The van der Waals surface area contributed by atoms with Crippen LogP contribution in [0.4, 0.5) is 17.6 Å². The Balaban J connectivity index is 1.92. The van der Waals surface area contributed by atoms with Gasteiger partial charge in [0.25, 0.3) is 0 Å². The quantitative estimate of drug-likeness (QED) is 0.802. The normalized spacial score (nSPS) is 19.3. The van der Waals surface area contributed by atoms with Gasteiger partial charge in [-0.2, -0.15) is 13.2 Å². The van der Waals surface area contributed by atoms with Gasteiger partial charge in [0.2, 0.25) is 5.91 Å². The van der Waals surface area contributed by atoms with Gasteiger partial charge in [-0.05, 0) is 43.0 Å². The number of likely N-dealkylation sites (tertiary alicyclic amines) is 1. The van der Waals surface area contributed by atoms with Crippen LogP contribution in [0.2, 0.25) is 0 Å². The number of nitrogens with one attached hydrogen (secondary N) is 1. The van der Waals surface area contributed by atoms with Gasteiger partial charge in [-0.1, -0.05) is 6.07 Å². The number of aliphatic hydroxyl groups is 1. The number of benzene rings is 1. The van der Waals surface area contributed by atoms with E-state index in [0.717, 1.165) is 25.0 Å². The smallest absolute Gasteiger partial charge is 0.396 e. The van der Waals surface area contributed by atoms with Crippen molar-refractivity contribution in [1.82, 2.24) is 10.2 Å². The van der Waals surface area contributed by atoms with Gasteiger partial charge in [0.1, 0.15) is 5.82 Å². The highest BCUT2D eigenvalue weighted by Gasteiger charge is 2.33. The molecule has 1 saturated heterocycles. The lowest BCUT2D eigenvalue weighted by Gasteiger charge is -2.31. The van der Waals surface area contributed by atoms with Crippen LogP contribution in [0.5, 0.6) is 0 Å². The van der Waals surface area contributed by atoms with Crippen LogP contribution in [0, 0.1) is 11.7 Å². The molecule has 0 aliphatic carbocycles. The molecule has 1 aliphatic rings. The Bertz CT molecular complexity index is 578. The first kappa shape index (κ1) is 18.7. The molecule has 0 spiro atoms. The summed E-state index contributed by atoms with van der Waals surface area (Å²) in [5.74, 6) is -1.24. The topological polar surface area (TPSA) is 52.6 Å². The van der Waals surface area contributed by atoms with Crippen LogP contribution in [-0.2, 0) is 17.5 Å². The molecular weight excluding hydrogens is 328 g/mol. The number of nitrogens with zero attached hydrogens (tertiary/aromatic N) is 1. The maximum atomic E-state index is 13.0. The van der Waals surface area contributed by atoms with Crippen molar-refractivity contribution in [3.63, 3.8) is 0 Å². The summed E-state index contributed by atoms with van der Waals surface area (Å²) in [4.78, 5) is 13.8. The van der Waals surface area contributed by atoms with E-state index < -0.39 is 23.5 Å². The monoisotopic (exact) mass is 348 g/mol. The fourth-order valence-corrected chi connectivity index (χ4v) is 2.86. The predicted molar refractivity (Wildman–Crippen MR) is 79.5 cm³/mol. The number of halogens is 4. The molecule has 1 amide bonds. The van der Waals surface area contributed by atoms with Crippen molar-refractivity contribution in [3.8, 4) is 0 Å². The molecule has 2 N–H and O–H groups in total. The van der Waals surface area contributed by atoms with Crippen LogP contribution in [0.1, 0.15) is 24.0 Å². The summed E-state index contributed by atoms with van der Waals surface area (Å²) in [6.07, 6.45) is -2.91. The van der Waals surface area contributed by atoms with Gasteiger partial charge in [0.15, 0.2) is 0 Å². The molecule has 1 atom stereocenters. The zero-order valence-corrected chi connectivity index (χ0v) is 13.1. The number of hydrogen-bond donors (Lipinski definition) is 2. The highest BCUT2D eigenvalue weighted by molar-refractivity contribution is 5.78. The summed E-state index contributed by atoms with van der Waals surface area (Å²) in [5, 5.41) is 11.6. The van der Waals surface area contributed by atoms with Gasteiger partial charge in [-0.25, -0.2) is 4.39 Å². The van der Waals surface area contributed by atoms with Crippen molar-refractivity contribution in [1.29, 1.82) is 0 Å². The molecule has 4 nitrogen and oxygen atoms in total. The van der Waals surface area contributed by atoms with E-state index in [4.69, 9.17) is 5.11 Å². The summed E-state index contributed by atoms with van der Waals surface area (Å²) in [6.45, 7) is 1.12. The summed E-state index contributed by atoms with van der Waals surface area (Å²) >= 11 is 0. The average molecular weight is 348 g/mol. The largest absolute Gasteiger partial charge is 0.416 e. The number of alkyl halides is 3. The molecule has 0 aromatic heterocycles. The molecule has 0 radical (unpaired) electrons. The van der Waals surface area contributed by atoms with Crippen LogP contribution < -0.4 is 5.32 Å². The van der Waals surface area contributed by atoms with Crippen molar-refractivity contribution in [3.05, 3.63) is 35.1 Å². The highest BCUT2D eigenvalue weighted by Crippen LogP contribution is 2.32. The average Bonchev–Trinajstić information content (AvgIpc) is 2.53. The van der Waals surface area contributed by atoms with E-state index in [2.05, 4.69) is 5.32 Å². The molecule has 134 valence electrons. The number of carbonyl (C=O) groups is 1. The standard InChI is InChI=1S/C16H20F4N2O2/c17-13-4-3-12(14(6-13)16(18,19)20)7-21-15(24)9-22-5-1-2-11(8-22)10-23/h3-4,6,11,23H,1-2,5,7-10H2,(H,21,24). The molecule has 2 rings (SSSR count). The number of aliphatic hydroxyl groups excluding tert-OH is 1. The van der Waals surface area contributed by atoms with Gasteiger partial charge < -0.3 is 10.4 Å². The molecule has 0 bridgehead atoms. The lowest BCUT2D eigenvalue weighted by Crippen LogP contribution is -2.43. The van der Waals surface area contributed by atoms with Crippen molar-refractivity contribution >= 4 is 5.91 Å². The number of piperidine rings is 1. The summed E-state index contributed by atoms with van der Waals surface area (Å²) in [5.41, 5.74) is -1.26. The molecule has 1 heterocycles. The van der Waals surface area contributed by atoms with E-state index in [1.807, 2.05) is 4.90 Å². The third-order valence-electron chi connectivity index (χ3n) is 4.08. The molecule has 1 aromatic rings. The van der Waals surface area contributed by atoms with Gasteiger partial charge in [-0.15, -0.1) is 0 Å². The molecular formula is C16H20F4N2O2. The Labute approximate surface area is 137 Å². The molecule has 1 fully saturated rings. The molecule has 0 saturated carbocycles. The lowest BCUT2D eigenvalue weighted by atomic mass is 9.99. The summed E-state index contributed by atoms with van der Waals surface area (Å²) < 4.78 is 51.7. The first-order valence-corrected chi connectivity index (χ1v) is 7.75. The van der Waals surface area contributed by atoms with Crippen molar-refractivity contribution in [2.24, 2.45) is 5.92 Å². The van der Waals surface area contributed by atoms with E-state index in [9.17, 15) is 22.4 Å². The van der Waals surface area contributed by atoms with Gasteiger partial charge >= 0.3 is 6.18 Å². The second-order valence-corrected chi connectivity index (χ2v) is 6.00. The second kappa shape index (κ2) is 7.94. The van der Waals surface area contributed by atoms with Crippen LogP contribution in [0.15, 0.2) is 18.2 Å². The minimum Gasteiger partial charge on any atom is -0.396 e. The maximum absolute atomic E-state index is 13.0. The first-order chi connectivity index (χ1) is 11.3. The van der Waals surface area contributed by atoms with Crippen molar-refractivity contribution < 1.29 is 27.5 Å². The third-order valence-corrected chi connectivity index (χ3v) is 4.08. The number of hydrogen-bond acceptors (Lipinski definition) is 3. The van der Waals surface area contributed by atoms with Crippen molar-refractivity contribution in [2.75, 3.05) is 26.2 Å².